The molecular formula is C11H13NO3. The van der Waals surface area contributed by atoms with Crippen molar-refractivity contribution < 1.29 is 22.5 Å². The van der Waals surface area contributed by atoms with Gasteiger partial charge in [-0.25, -0.2) is 0 Å². The Morgan fingerprint density at radius 2 is 2.40 bits per heavy atom. The summed E-state index contributed by atoms with van der Waals surface area (Å²) in [5.74, 6) is -1.67. The molecule has 1 aliphatic heterocycles. The molecule has 0 bridgehead atoms. The summed E-state index contributed by atoms with van der Waals surface area (Å²) in [5, 5.41) is 2.44. The number of hydrogen-bond acceptors (Lipinski definition) is 4. The van der Waals surface area contributed by atoms with Gasteiger partial charge in [0.05, 0.1) is 11.5 Å². The van der Waals surface area contributed by atoms with E-state index in [1.54, 1.807) is 0 Å². The van der Waals surface area contributed by atoms with Crippen molar-refractivity contribution >= 4 is 5.78 Å². The number of nitrogens with one attached hydrogen (secondary N) is 1. The molecule has 4 nitrogen and oxygen atoms in total. The van der Waals surface area contributed by atoms with Crippen molar-refractivity contribution in [1.82, 2.24) is 5.32 Å². The van der Waals surface area contributed by atoms with Crippen LogP contribution in [0, 0.1) is 0 Å². The number of fused-ring (bicyclic) bond motifs is 1. The highest BCUT2D eigenvalue weighted by molar-refractivity contribution is 6.00. The Kier molecular flexibility index (Phi) is 1.30. The Balaban J connectivity index is 2.67. The van der Waals surface area contributed by atoms with E-state index in [2.05, 4.69) is 5.32 Å². The van der Waals surface area contributed by atoms with E-state index >= 15 is 0 Å². The van der Waals surface area contributed by atoms with Crippen molar-refractivity contribution in [3.63, 3.8) is 0 Å². The maximum Gasteiger partial charge on any atom is 0.231 e. The number of rotatable bonds is 3. The van der Waals surface area contributed by atoms with Gasteiger partial charge in [-0.15, -0.1) is 0 Å². The number of carbonyl (C=O) groups excluding carboxylic acids is 1. The van der Waals surface area contributed by atoms with E-state index in [4.69, 9.17) is 17.7 Å². The summed E-state index contributed by atoms with van der Waals surface area (Å²) in [6, 6.07) is -3.51. The second-order valence-corrected chi connectivity index (χ2v) is 2.90. The topological polar surface area (TPSA) is 47.6 Å². The van der Waals surface area contributed by atoms with Gasteiger partial charge in [-0.2, -0.15) is 0 Å². The normalized spacial score (nSPS) is 26.3. The molecule has 1 aromatic rings. The second kappa shape index (κ2) is 3.90. The van der Waals surface area contributed by atoms with Crippen LogP contribution in [0.1, 0.15) is 25.5 Å². The number of benzene rings is 1. The number of Topliss-reactive ketones (excluding diaryl/α,β-unsaturated/α-hetero) is 1. The molecule has 0 radical (unpaired) electrons. The molecule has 15 heavy (non-hydrogen) atoms. The summed E-state index contributed by atoms with van der Waals surface area (Å²) in [6.07, 6.45) is 0. The van der Waals surface area contributed by atoms with Crippen LogP contribution in [-0.4, -0.2) is 25.6 Å². The van der Waals surface area contributed by atoms with Crippen molar-refractivity contribution in [2.45, 2.75) is 12.9 Å². The predicted octanol–water partition coefficient (Wildman–Crippen LogP) is 1.21. The highest BCUT2D eigenvalue weighted by Gasteiger charge is 2.18. The van der Waals surface area contributed by atoms with Gasteiger partial charge in [0.1, 0.15) is 2.74 Å². The Labute approximate surface area is 96.6 Å². The standard InChI is InChI=1S/C11H13NO3/c1-7(12-2)11(13)8-3-4-9-10(5-8)15-6-14-9/h3-5,7,12H,6H2,1-2H3/t7-/m0/s1/i3D,4D,5D,6D2,7D. The first kappa shape index (κ1) is 4.99. The number of hydrogen-bond donors (Lipinski definition) is 1. The maximum absolute atomic E-state index is 12.3. The van der Waals surface area contributed by atoms with Gasteiger partial charge in [-0.3, -0.25) is 4.79 Å². The Bertz CT molecular complexity index is 631. The van der Waals surface area contributed by atoms with E-state index < -0.39 is 48.0 Å². The molecule has 0 unspecified atom stereocenters. The van der Waals surface area contributed by atoms with Crippen LogP contribution in [0.4, 0.5) is 0 Å². The fraction of sp³-hybridized carbons (Fsp3) is 0.364. The Morgan fingerprint density at radius 1 is 1.67 bits per heavy atom. The molecule has 0 saturated carbocycles. The van der Waals surface area contributed by atoms with Crippen LogP contribution >= 0.6 is 0 Å². The molecule has 1 N–H and O–H groups in total. The summed E-state index contributed by atoms with van der Waals surface area (Å²) >= 11 is 0. The van der Waals surface area contributed by atoms with Gasteiger partial charge >= 0.3 is 0 Å². The van der Waals surface area contributed by atoms with Gasteiger partial charge < -0.3 is 14.8 Å². The number of carbonyl (C=O) groups is 1. The maximum atomic E-state index is 12.3. The van der Waals surface area contributed by atoms with E-state index in [1.807, 2.05) is 0 Å². The summed E-state index contributed by atoms with van der Waals surface area (Å²) < 4.78 is 55.5. The van der Waals surface area contributed by atoms with Crippen molar-refractivity contribution in [3.05, 3.63) is 23.7 Å². The minimum Gasteiger partial charge on any atom is -0.454 e. The minimum atomic E-state index is -2.56. The third-order valence-corrected chi connectivity index (χ3v) is 1.98. The molecule has 1 aromatic carbocycles. The van der Waals surface area contributed by atoms with Crippen molar-refractivity contribution in [1.29, 1.82) is 0 Å². The minimum absolute atomic E-state index is 0.386. The van der Waals surface area contributed by atoms with Crippen LogP contribution < -0.4 is 14.8 Å². The van der Waals surface area contributed by atoms with Crippen molar-refractivity contribution in [3.8, 4) is 11.5 Å². The van der Waals surface area contributed by atoms with E-state index in [1.165, 1.54) is 14.0 Å². The molecule has 80 valence electrons. The largest absolute Gasteiger partial charge is 0.454 e. The fourth-order valence-corrected chi connectivity index (χ4v) is 1.04. The first-order valence-electron chi connectivity index (χ1n) is 7.27. The van der Waals surface area contributed by atoms with Crippen LogP contribution in [0.25, 0.3) is 0 Å². The molecule has 0 fully saturated rings. The lowest BCUT2D eigenvalue weighted by Gasteiger charge is -2.09. The number of ketones is 1. The smallest absolute Gasteiger partial charge is 0.231 e. The summed E-state index contributed by atoms with van der Waals surface area (Å²) in [7, 11) is 1.38. The first-order valence-corrected chi connectivity index (χ1v) is 4.27. The summed E-state index contributed by atoms with van der Waals surface area (Å²) in [5.41, 5.74) is -0.480. The highest BCUT2D eigenvalue weighted by Crippen LogP contribution is 2.32. The summed E-state index contributed by atoms with van der Waals surface area (Å²) in [6.45, 7) is -1.31. The zero-order valence-electron chi connectivity index (χ0n) is 14.2. The lowest BCUT2D eigenvalue weighted by atomic mass is 10.1. The van der Waals surface area contributed by atoms with Crippen molar-refractivity contribution in [2.75, 3.05) is 13.8 Å². The van der Waals surface area contributed by atoms with Crippen LogP contribution in [-0.2, 0) is 0 Å². The molecule has 0 aromatic heterocycles. The third kappa shape index (κ3) is 1.80. The molecule has 0 spiro atoms. The SMILES string of the molecule is [2H]c1c([2H])c(C(=O)[C@]([2H])(C)NC)c([2H])c2c1OC([2H])([2H])O2. The van der Waals surface area contributed by atoms with E-state index in [0.717, 1.165) is 0 Å². The zero-order chi connectivity index (χ0) is 16.2. The number of likely N-dealkylation sites (N-methyl/N-ethyl adjacent to an activating group) is 1. The third-order valence-electron chi connectivity index (χ3n) is 1.98. The lowest BCUT2D eigenvalue weighted by Crippen LogP contribution is -2.30. The molecule has 0 saturated heterocycles. The van der Waals surface area contributed by atoms with E-state index in [-0.39, 0.29) is 5.75 Å². The Morgan fingerprint density at radius 3 is 3.13 bits per heavy atom. The summed E-state index contributed by atoms with van der Waals surface area (Å²) in [4.78, 5) is 12.3. The highest BCUT2D eigenvalue weighted by atomic mass is 16.7. The molecule has 1 aliphatic rings. The van der Waals surface area contributed by atoms with Gasteiger partial charge in [-0.1, -0.05) is 0 Å². The fourth-order valence-electron chi connectivity index (χ4n) is 1.04. The van der Waals surface area contributed by atoms with Gasteiger partial charge in [0.2, 0.25) is 6.75 Å². The van der Waals surface area contributed by atoms with Crippen LogP contribution in [0.5, 0.6) is 11.5 Å². The monoisotopic (exact) mass is 213 g/mol. The van der Waals surface area contributed by atoms with Gasteiger partial charge in [0, 0.05) is 5.56 Å². The van der Waals surface area contributed by atoms with Gasteiger partial charge in [0.25, 0.3) is 0 Å². The van der Waals surface area contributed by atoms with Crippen LogP contribution in [0.3, 0.4) is 0 Å². The van der Waals surface area contributed by atoms with Gasteiger partial charge in [-0.05, 0) is 32.1 Å². The average molecular weight is 213 g/mol. The molecule has 0 amide bonds. The predicted molar refractivity (Wildman–Crippen MR) is 55.4 cm³/mol. The van der Waals surface area contributed by atoms with Gasteiger partial charge in [0.15, 0.2) is 17.3 Å². The number of ether oxygens (including phenoxy) is 2. The van der Waals surface area contributed by atoms with Crippen LogP contribution in [0.2, 0.25) is 0 Å². The molecule has 0 aliphatic carbocycles. The molecule has 2 rings (SSSR count). The first-order chi connectivity index (χ1) is 9.52. The Hall–Kier alpha value is -1.55. The molecule has 4 heteroatoms. The average Bonchev–Trinajstić information content (AvgIpc) is 2.72. The van der Waals surface area contributed by atoms with E-state index in [0.29, 0.717) is 0 Å². The lowest BCUT2D eigenvalue weighted by molar-refractivity contribution is 0.0954. The van der Waals surface area contributed by atoms with Crippen LogP contribution in [0.15, 0.2) is 18.1 Å². The van der Waals surface area contributed by atoms with E-state index in [9.17, 15) is 4.79 Å². The zero-order valence-corrected chi connectivity index (χ0v) is 8.22. The van der Waals surface area contributed by atoms with Crippen molar-refractivity contribution in [2.24, 2.45) is 0 Å². The molecule has 1 heterocycles. The molecule has 1 atom stereocenters. The second-order valence-electron chi connectivity index (χ2n) is 2.90. The molecular weight excluding hydrogens is 194 g/mol. The quantitative estimate of drug-likeness (QED) is 0.767.